The van der Waals surface area contributed by atoms with E-state index >= 15 is 0 Å². The summed E-state index contributed by atoms with van der Waals surface area (Å²) in [6.07, 6.45) is 1.03. The second-order valence-electron chi connectivity index (χ2n) is 2.65. The second-order valence-corrected chi connectivity index (χ2v) is 4.53. The molecule has 1 saturated heterocycles. The van der Waals surface area contributed by atoms with Gasteiger partial charge in [-0.1, -0.05) is 0 Å². The third-order valence-corrected chi connectivity index (χ3v) is 3.18. The van der Waals surface area contributed by atoms with Gasteiger partial charge in [0.2, 0.25) is 10.0 Å². The van der Waals surface area contributed by atoms with Gasteiger partial charge in [-0.3, -0.25) is 4.79 Å². The van der Waals surface area contributed by atoms with Crippen molar-refractivity contribution in [1.29, 1.82) is 0 Å². The summed E-state index contributed by atoms with van der Waals surface area (Å²) in [5.41, 5.74) is 0. The predicted molar refractivity (Wildman–Crippen MR) is 42.0 cm³/mol. The summed E-state index contributed by atoms with van der Waals surface area (Å²) in [4.78, 5) is 10.9. The van der Waals surface area contributed by atoms with E-state index < -0.39 is 22.0 Å². The van der Waals surface area contributed by atoms with Gasteiger partial charge in [-0.05, 0) is 12.8 Å². The van der Waals surface area contributed by atoms with Gasteiger partial charge in [0.1, 0.15) is 6.04 Å². The molecule has 1 N–H and O–H groups in total. The lowest BCUT2D eigenvalue weighted by Gasteiger charge is -2.20. The third-order valence-electron chi connectivity index (χ3n) is 1.71. The molecule has 0 radical (unpaired) electrons. The standard InChI is InChI=1S/C6H11NO4S/c1-11-6(8)5-3-2-4-12(9,10)7-5/h5,7H,2-4H2,1H3/t5-/m0/s1. The maximum Gasteiger partial charge on any atom is 0.323 e. The molecule has 1 atom stereocenters. The minimum absolute atomic E-state index is 0.0977. The molecule has 6 heteroatoms. The van der Waals surface area contributed by atoms with Gasteiger partial charge in [0.05, 0.1) is 12.9 Å². The average Bonchev–Trinajstić information content (AvgIpc) is 2.01. The zero-order chi connectivity index (χ0) is 9.19. The maximum absolute atomic E-state index is 11.0. The Morgan fingerprint density at radius 2 is 2.25 bits per heavy atom. The highest BCUT2D eigenvalue weighted by Gasteiger charge is 2.29. The summed E-state index contributed by atoms with van der Waals surface area (Å²) >= 11 is 0. The average molecular weight is 193 g/mol. The Morgan fingerprint density at radius 1 is 1.58 bits per heavy atom. The van der Waals surface area contributed by atoms with E-state index in [-0.39, 0.29) is 5.75 Å². The van der Waals surface area contributed by atoms with Crippen molar-refractivity contribution in [2.45, 2.75) is 18.9 Å². The lowest BCUT2D eigenvalue weighted by molar-refractivity contribution is -0.142. The van der Waals surface area contributed by atoms with Gasteiger partial charge in [-0.25, -0.2) is 13.1 Å². The molecule has 70 valence electrons. The Balaban J connectivity index is 2.64. The lowest BCUT2D eigenvalue weighted by Crippen LogP contribution is -2.46. The highest BCUT2D eigenvalue weighted by Crippen LogP contribution is 2.09. The molecular formula is C6H11NO4S. The van der Waals surface area contributed by atoms with Crippen molar-refractivity contribution in [3.8, 4) is 0 Å². The molecule has 0 spiro atoms. The number of ether oxygens (including phenoxy) is 1. The van der Waals surface area contributed by atoms with Crippen LogP contribution in [0.2, 0.25) is 0 Å². The number of hydrogen-bond acceptors (Lipinski definition) is 4. The summed E-state index contributed by atoms with van der Waals surface area (Å²) < 4.78 is 28.6. The van der Waals surface area contributed by atoms with Crippen LogP contribution in [0.25, 0.3) is 0 Å². The van der Waals surface area contributed by atoms with Crippen LogP contribution in [0.15, 0.2) is 0 Å². The van der Waals surface area contributed by atoms with Gasteiger partial charge in [-0.2, -0.15) is 0 Å². The molecule has 1 aliphatic rings. The Hall–Kier alpha value is -0.620. The fourth-order valence-corrected chi connectivity index (χ4v) is 2.43. The summed E-state index contributed by atoms with van der Waals surface area (Å²) in [7, 11) is -2.00. The first kappa shape index (κ1) is 9.47. The van der Waals surface area contributed by atoms with Crippen molar-refractivity contribution < 1.29 is 17.9 Å². The van der Waals surface area contributed by atoms with Gasteiger partial charge < -0.3 is 4.74 Å². The smallest absolute Gasteiger partial charge is 0.323 e. The molecule has 0 unspecified atom stereocenters. The van der Waals surface area contributed by atoms with Crippen molar-refractivity contribution in [3.63, 3.8) is 0 Å². The molecule has 0 saturated carbocycles. The minimum Gasteiger partial charge on any atom is -0.468 e. The Bertz CT molecular complexity index is 271. The molecule has 1 rings (SSSR count). The quantitative estimate of drug-likeness (QED) is 0.556. The number of nitrogens with one attached hydrogen (secondary N) is 1. The highest BCUT2D eigenvalue weighted by atomic mass is 32.2. The van der Waals surface area contributed by atoms with E-state index in [0.717, 1.165) is 0 Å². The molecule has 1 fully saturated rings. The first-order valence-electron chi connectivity index (χ1n) is 3.63. The fourth-order valence-electron chi connectivity index (χ4n) is 1.12. The van der Waals surface area contributed by atoms with Gasteiger partial charge >= 0.3 is 5.97 Å². The lowest BCUT2D eigenvalue weighted by atomic mass is 10.2. The fraction of sp³-hybridized carbons (Fsp3) is 0.833. The normalized spacial score (nSPS) is 27.9. The summed E-state index contributed by atoms with van der Waals surface area (Å²) in [5, 5.41) is 0. The largest absolute Gasteiger partial charge is 0.468 e. The van der Waals surface area contributed by atoms with Crippen molar-refractivity contribution >= 4 is 16.0 Å². The van der Waals surface area contributed by atoms with Crippen molar-refractivity contribution in [2.75, 3.05) is 12.9 Å². The molecule has 5 nitrogen and oxygen atoms in total. The number of sulfonamides is 1. The van der Waals surface area contributed by atoms with Gasteiger partial charge in [-0.15, -0.1) is 0 Å². The van der Waals surface area contributed by atoms with Crippen LogP contribution < -0.4 is 4.72 Å². The van der Waals surface area contributed by atoms with E-state index in [1.54, 1.807) is 0 Å². The molecule has 0 aromatic carbocycles. The zero-order valence-corrected chi connectivity index (χ0v) is 7.56. The maximum atomic E-state index is 11.0. The van der Waals surface area contributed by atoms with Crippen LogP contribution in [0.3, 0.4) is 0 Å². The Labute approximate surface area is 71.1 Å². The van der Waals surface area contributed by atoms with E-state index in [9.17, 15) is 13.2 Å². The van der Waals surface area contributed by atoms with Crippen molar-refractivity contribution in [3.05, 3.63) is 0 Å². The van der Waals surface area contributed by atoms with Crippen molar-refractivity contribution in [1.82, 2.24) is 4.72 Å². The highest BCUT2D eigenvalue weighted by molar-refractivity contribution is 7.89. The molecule has 0 aromatic rings. The van der Waals surface area contributed by atoms with Gasteiger partial charge in [0.25, 0.3) is 0 Å². The first-order chi connectivity index (χ1) is 5.55. The third kappa shape index (κ3) is 2.18. The predicted octanol–water partition coefficient (Wildman–Crippen LogP) is -0.759. The van der Waals surface area contributed by atoms with Gasteiger partial charge in [0, 0.05) is 0 Å². The SMILES string of the molecule is COC(=O)[C@@H]1CCCS(=O)(=O)N1. The minimum atomic E-state index is -3.24. The molecule has 0 aliphatic carbocycles. The first-order valence-corrected chi connectivity index (χ1v) is 5.28. The molecule has 12 heavy (non-hydrogen) atoms. The number of hydrogen-bond donors (Lipinski definition) is 1. The number of esters is 1. The van der Waals surface area contributed by atoms with Crippen molar-refractivity contribution in [2.24, 2.45) is 0 Å². The Morgan fingerprint density at radius 3 is 2.75 bits per heavy atom. The number of rotatable bonds is 1. The molecule has 0 amide bonds. The molecule has 1 heterocycles. The summed E-state index contributed by atoms with van der Waals surface area (Å²) in [5.74, 6) is -0.418. The monoisotopic (exact) mass is 193 g/mol. The van der Waals surface area contributed by atoms with Crippen LogP contribution in [-0.4, -0.2) is 33.3 Å². The van der Waals surface area contributed by atoms with Crippen LogP contribution >= 0.6 is 0 Å². The van der Waals surface area contributed by atoms with E-state index in [1.165, 1.54) is 7.11 Å². The molecule has 1 aliphatic heterocycles. The van der Waals surface area contributed by atoms with Crippen LogP contribution in [0.5, 0.6) is 0 Å². The van der Waals surface area contributed by atoms with E-state index in [2.05, 4.69) is 9.46 Å². The van der Waals surface area contributed by atoms with E-state index in [4.69, 9.17) is 0 Å². The van der Waals surface area contributed by atoms with E-state index in [1.807, 2.05) is 0 Å². The van der Waals surface area contributed by atoms with E-state index in [0.29, 0.717) is 12.8 Å². The molecule has 0 bridgehead atoms. The molecule has 0 aromatic heterocycles. The van der Waals surface area contributed by atoms with Crippen LogP contribution in [-0.2, 0) is 19.6 Å². The summed E-state index contributed by atoms with van der Waals surface area (Å²) in [6.45, 7) is 0. The number of carbonyl (C=O) groups excluding carboxylic acids is 1. The molecular weight excluding hydrogens is 182 g/mol. The zero-order valence-electron chi connectivity index (χ0n) is 6.74. The van der Waals surface area contributed by atoms with Crippen LogP contribution in [0.1, 0.15) is 12.8 Å². The number of methoxy groups -OCH3 is 1. The van der Waals surface area contributed by atoms with Crippen LogP contribution in [0.4, 0.5) is 0 Å². The summed E-state index contributed by atoms with van der Waals surface area (Å²) in [6, 6.07) is -0.686. The number of carbonyl (C=O) groups is 1. The Kier molecular flexibility index (Phi) is 2.69. The topological polar surface area (TPSA) is 72.5 Å². The van der Waals surface area contributed by atoms with Gasteiger partial charge in [0.15, 0.2) is 0 Å². The second kappa shape index (κ2) is 3.40. The van der Waals surface area contributed by atoms with Crippen LogP contribution in [0, 0.1) is 0 Å².